The van der Waals surface area contributed by atoms with Crippen molar-refractivity contribution < 1.29 is 0 Å². The number of hydrogen-bond acceptors (Lipinski definition) is 3. The minimum Gasteiger partial charge on any atom is -0.349 e. The molecule has 4 aromatic rings. The van der Waals surface area contributed by atoms with Crippen LogP contribution < -0.4 is 5.56 Å². The Balaban J connectivity index is 2.16. The Bertz CT molecular complexity index is 1030. The predicted molar refractivity (Wildman–Crippen MR) is 91.0 cm³/mol. The van der Waals surface area contributed by atoms with Crippen molar-refractivity contribution in [2.75, 3.05) is 6.26 Å². The first kappa shape index (κ1) is 13.2. The van der Waals surface area contributed by atoms with Gasteiger partial charge in [0, 0.05) is 10.9 Å². The van der Waals surface area contributed by atoms with Crippen LogP contribution in [-0.4, -0.2) is 20.8 Å². The highest BCUT2D eigenvalue weighted by Gasteiger charge is 2.15. The van der Waals surface area contributed by atoms with Crippen LogP contribution in [0.15, 0.2) is 64.5 Å². The number of rotatable bonds is 2. The Morgan fingerprint density at radius 1 is 1.05 bits per heavy atom. The molecule has 4 nitrogen and oxygen atoms in total. The second-order valence-corrected chi connectivity index (χ2v) is 5.74. The van der Waals surface area contributed by atoms with Crippen molar-refractivity contribution in [1.82, 2.24) is 14.5 Å². The van der Waals surface area contributed by atoms with E-state index in [1.165, 1.54) is 11.8 Å². The first-order valence-electron chi connectivity index (χ1n) is 6.92. The molecule has 0 amide bonds. The fourth-order valence-corrected chi connectivity index (χ4v) is 3.24. The van der Waals surface area contributed by atoms with Crippen molar-refractivity contribution >= 4 is 33.7 Å². The van der Waals surface area contributed by atoms with Gasteiger partial charge in [-0.2, -0.15) is 0 Å². The SMILES string of the molecule is CSc1nc2c([nH]c3ccccc32)c(=O)n1-c1ccccc1. The van der Waals surface area contributed by atoms with E-state index in [2.05, 4.69) is 4.98 Å². The number of hydrogen-bond donors (Lipinski definition) is 1. The monoisotopic (exact) mass is 307 g/mol. The smallest absolute Gasteiger partial charge is 0.283 e. The van der Waals surface area contributed by atoms with E-state index < -0.39 is 0 Å². The second kappa shape index (κ2) is 5.03. The summed E-state index contributed by atoms with van der Waals surface area (Å²) in [5.41, 5.74) is 2.96. The number of thioether (sulfide) groups is 1. The molecule has 0 aliphatic carbocycles. The summed E-state index contributed by atoms with van der Waals surface area (Å²) in [6.07, 6.45) is 1.93. The Kier molecular flexibility index (Phi) is 3.01. The second-order valence-electron chi connectivity index (χ2n) is 4.97. The molecule has 0 spiro atoms. The topological polar surface area (TPSA) is 50.7 Å². The molecule has 5 heteroatoms. The van der Waals surface area contributed by atoms with Gasteiger partial charge in [0.15, 0.2) is 5.16 Å². The average Bonchev–Trinajstić information content (AvgIpc) is 2.94. The Labute approximate surface area is 130 Å². The van der Waals surface area contributed by atoms with Crippen molar-refractivity contribution in [1.29, 1.82) is 0 Å². The van der Waals surface area contributed by atoms with Gasteiger partial charge in [0.05, 0.1) is 5.69 Å². The van der Waals surface area contributed by atoms with Crippen LogP contribution in [-0.2, 0) is 0 Å². The van der Waals surface area contributed by atoms with E-state index >= 15 is 0 Å². The molecule has 0 bridgehead atoms. The lowest BCUT2D eigenvalue weighted by Crippen LogP contribution is -2.21. The lowest BCUT2D eigenvalue weighted by molar-refractivity contribution is 0.821. The van der Waals surface area contributed by atoms with E-state index in [1.54, 1.807) is 4.57 Å². The third kappa shape index (κ3) is 1.86. The molecule has 0 aliphatic heterocycles. The van der Waals surface area contributed by atoms with Gasteiger partial charge in [-0.1, -0.05) is 48.2 Å². The number of aromatic amines is 1. The van der Waals surface area contributed by atoms with Gasteiger partial charge in [-0.25, -0.2) is 4.98 Å². The van der Waals surface area contributed by atoms with Gasteiger partial charge >= 0.3 is 0 Å². The fourth-order valence-electron chi connectivity index (χ4n) is 2.68. The van der Waals surface area contributed by atoms with Gasteiger partial charge in [-0.05, 0) is 24.5 Å². The molecule has 0 saturated carbocycles. The number of fused-ring (bicyclic) bond motifs is 3. The lowest BCUT2D eigenvalue weighted by atomic mass is 10.2. The van der Waals surface area contributed by atoms with Gasteiger partial charge in [-0.3, -0.25) is 9.36 Å². The normalized spacial score (nSPS) is 11.3. The highest BCUT2D eigenvalue weighted by Crippen LogP contribution is 2.25. The standard InChI is InChI=1S/C17H13N3OS/c1-22-17-19-14-12-9-5-6-10-13(12)18-15(14)16(21)20(17)11-7-3-2-4-8-11/h2-10,18H,1H3. The maximum absolute atomic E-state index is 13.0. The van der Waals surface area contributed by atoms with Crippen LogP contribution in [0.1, 0.15) is 0 Å². The third-order valence-corrected chi connectivity index (χ3v) is 4.33. The Morgan fingerprint density at radius 3 is 2.55 bits per heavy atom. The van der Waals surface area contributed by atoms with Crippen LogP contribution in [0.3, 0.4) is 0 Å². The lowest BCUT2D eigenvalue weighted by Gasteiger charge is -2.10. The summed E-state index contributed by atoms with van der Waals surface area (Å²) in [5.74, 6) is 0. The molecule has 0 radical (unpaired) electrons. The fraction of sp³-hybridized carbons (Fsp3) is 0.0588. The maximum atomic E-state index is 13.0. The number of nitrogens with zero attached hydrogens (tertiary/aromatic N) is 2. The third-order valence-electron chi connectivity index (χ3n) is 3.69. The number of aromatic nitrogens is 3. The summed E-state index contributed by atoms with van der Waals surface area (Å²) in [6, 6.07) is 17.4. The van der Waals surface area contributed by atoms with Crippen LogP contribution in [0.5, 0.6) is 0 Å². The van der Waals surface area contributed by atoms with Gasteiger partial charge in [0.25, 0.3) is 5.56 Å². The molecular weight excluding hydrogens is 294 g/mol. The van der Waals surface area contributed by atoms with Crippen molar-refractivity contribution in [3.05, 3.63) is 65.0 Å². The zero-order valence-corrected chi connectivity index (χ0v) is 12.7. The highest BCUT2D eigenvalue weighted by atomic mass is 32.2. The number of nitrogens with one attached hydrogen (secondary N) is 1. The molecule has 1 N–H and O–H groups in total. The quantitative estimate of drug-likeness (QED) is 0.455. The van der Waals surface area contributed by atoms with Gasteiger partial charge in [-0.15, -0.1) is 0 Å². The maximum Gasteiger partial charge on any atom is 0.283 e. The van der Waals surface area contributed by atoms with E-state index in [0.717, 1.165) is 22.1 Å². The summed E-state index contributed by atoms with van der Waals surface area (Å²) < 4.78 is 1.66. The number of H-pyrrole nitrogens is 1. The minimum absolute atomic E-state index is 0.0725. The molecule has 22 heavy (non-hydrogen) atoms. The largest absolute Gasteiger partial charge is 0.349 e. The first-order valence-corrected chi connectivity index (χ1v) is 8.15. The minimum atomic E-state index is -0.0725. The molecule has 2 heterocycles. The van der Waals surface area contributed by atoms with Crippen LogP contribution in [0, 0.1) is 0 Å². The highest BCUT2D eigenvalue weighted by molar-refractivity contribution is 7.98. The van der Waals surface area contributed by atoms with Crippen LogP contribution in [0.25, 0.3) is 27.6 Å². The van der Waals surface area contributed by atoms with E-state index in [9.17, 15) is 4.79 Å². The number of para-hydroxylation sites is 2. The van der Waals surface area contributed by atoms with Gasteiger partial charge in [0.2, 0.25) is 0 Å². The Hall–Kier alpha value is -2.53. The van der Waals surface area contributed by atoms with Crippen molar-refractivity contribution in [2.24, 2.45) is 0 Å². The average molecular weight is 307 g/mol. The van der Waals surface area contributed by atoms with Gasteiger partial charge in [0.1, 0.15) is 11.0 Å². The molecule has 0 saturated heterocycles. The van der Waals surface area contributed by atoms with Gasteiger partial charge < -0.3 is 4.98 Å². The zero-order chi connectivity index (χ0) is 15.1. The number of benzene rings is 2. The predicted octanol–water partition coefficient (Wildman–Crippen LogP) is 3.59. The molecule has 0 fully saturated rings. The van der Waals surface area contributed by atoms with Crippen LogP contribution in [0.4, 0.5) is 0 Å². The van der Waals surface area contributed by atoms with Crippen LogP contribution in [0.2, 0.25) is 0 Å². The van der Waals surface area contributed by atoms with Crippen molar-refractivity contribution in [3.8, 4) is 5.69 Å². The molecular formula is C17H13N3OS. The molecule has 0 unspecified atom stereocenters. The summed E-state index contributed by atoms with van der Waals surface area (Å²) in [6.45, 7) is 0. The molecule has 0 atom stereocenters. The molecule has 0 aliphatic rings. The summed E-state index contributed by atoms with van der Waals surface area (Å²) >= 11 is 1.47. The molecule has 2 aromatic heterocycles. The van der Waals surface area contributed by atoms with Crippen LogP contribution >= 0.6 is 11.8 Å². The van der Waals surface area contributed by atoms with E-state index in [1.807, 2.05) is 60.9 Å². The van der Waals surface area contributed by atoms with E-state index in [4.69, 9.17) is 4.98 Å². The molecule has 2 aromatic carbocycles. The van der Waals surface area contributed by atoms with E-state index in [0.29, 0.717) is 10.7 Å². The van der Waals surface area contributed by atoms with E-state index in [-0.39, 0.29) is 5.56 Å². The molecule has 4 rings (SSSR count). The van der Waals surface area contributed by atoms with Crippen molar-refractivity contribution in [3.63, 3.8) is 0 Å². The molecule has 108 valence electrons. The Morgan fingerprint density at radius 2 is 1.77 bits per heavy atom. The first-order chi connectivity index (χ1) is 10.8. The summed E-state index contributed by atoms with van der Waals surface area (Å²) in [7, 11) is 0. The van der Waals surface area contributed by atoms with Crippen molar-refractivity contribution in [2.45, 2.75) is 5.16 Å². The summed E-state index contributed by atoms with van der Waals surface area (Å²) in [5, 5.41) is 1.67. The zero-order valence-electron chi connectivity index (χ0n) is 11.9. The summed E-state index contributed by atoms with van der Waals surface area (Å²) in [4.78, 5) is 20.9.